The zero-order chi connectivity index (χ0) is 19.0. The molecule has 1 aromatic carbocycles. The molecule has 0 bridgehead atoms. The van der Waals surface area contributed by atoms with Gasteiger partial charge in [-0.1, -0.05) is 12.1 Å². The third-order valence-corrected chi connectivity index (χ3v) is 5.72. The number of para-hydroxylation sites is 2. The SMILES string of the molecule is CCn1cnc2sc(C(=O)NC[C@H]3COc4ccccc4O3)c(C)c2c1=O. The van der Waals surface area contributed by atoms with E-state index in [2.05, 4.69) is 10.3 Å². The van der Waals surface area contributed by atoms with E-state index >= 15 is 0 Å². The first-order valence-electron chi connectivity index (χ1n) is 8.73. The van der Waals surface area contributed by atoms with E-state index in [9.17, 15) is 9.59 Å². The van der Waals surface area contributed by atoms with Crippen LogP contribution >= 0.6 is 11.3 Å². The topological polar surface area (TPSA) is 82.5 Å². The minimum Gasteiger partial charge on any atom is -0.486 e. The van der Waals surface area contributed by atoms with Gasteiger partial charge in [-0.2, -0.15) is 0 Å². The van der Waals surface area contributed by atoms with Crippen molar-refractivity contribution in [2.24, 2.45) is 0 Å². The minimum atomic E-state index is -0.269. The van der Waals surface area contributed by atoms with Crippen molar-refractivity contribution in [2.75, 3.05) is 13.2 Å². The maximum absolute atomic E-state index is 12.7. The molecule has 0 aliphatic carbocycles. The highest BCUT2D eigenvalue weighted by Gasteiger charge is 2.23. The van der Waals surface area contributed by atoms with E-state index in [1.807, 2.05) is 31.2 Å². The number of carbonyl (C=O) groups is 1. The fourth-order valence-corrected chi connectivity index (χ4v) is 4.11. The highest BCUT2D eigenvalue weighted by Crippen LogP contribution is 2.31. The fraction of sp³-hybridized carbons (Fsp3) is 0.316. The molecule has 0 fully saturated rings. The second-order valence-corrected chi connectivity index (χ2v) is 7.28. The van der Waals surface area contributed by atoms with Crippen molar-refractivity contribution < 1.29 is 14.3 Å². The predicted molar refractivity (Wildman–Crippen MR) is 103 cm³/mol. The van der Waals surface area contributed by atoms with Crippen LogP contribution in [0.5, 0.6) is 11.5 Å². The van der Waals surface area contributed by atoms with Gasteiger partial charge in [-0.3, -0.25) is 14.2 Å². The Morgan fingerprint density at radius 3 is 2.93 bits per heavy atom. The number of hydrogen-bond donors (Lipinski definition) is 1. The van der Waals surface area contributed by atoms with Crippen LogP contribution in [0, 0.1) is 6.92 Å². The van der Waals surface area contributed by atoms with Crippen LogP contribution in [0.15, 0.2) is 35.4 Å². The number of amides is 1. The first kappa shape index (κ1) is 17.5. The second-order valence-electron chi connectivity index (χ2n) is 6.28. The number of aromatic nitrogens is 2. The number of nitrogens with zero attached hydrogens (tertiary/aromatic N) is 2. The van der Waals surface area contributed by atoms with Gasteiger partial charge in [0.25, 0.3) is 11.5 Å². The molecular weight excluding hydrogens is 366 g/mol. The Bertz CT molecular complexity index is 1070. The van der Waals surface area contributed by atoms with Gasteiger partial charge in [-0.25, -0.2) is 4.98 Å². The van der Waals surface area contributed by atoms with Gasteiger partial charge in [-0.15, -0.1) is 11.3 Å². The summed E-state index contributed by atoms with van der Waals surface area (Å²) in [7, 11) is 0. The van der Waals surface area contributed by atoms with Gasteiger partial charge in [0.1, 0.15) is 17.5 Å². The number of rotatable bonds is 4. The van der Waals surface area contributed by atoms with Crippen LogP contribution in [-0.2, 0) is 6.54 Å². The molecule has 140 valence electrons. The largest absolute Gasteiger partial charge is 0.486 e. The Morgan fingerprint density at radius 2 is 2.15 bits per heavy atom. The molecule has 2 aromatic heterocycles. The molecule has 0 unspecified atom stereocenters. The Hall–Kier alpha value is -2.87. The molecule has 1 atom stereocenters. The first-order chi connectivity index (χ1) is 13.1. The minimum absolute atomic E-state index is 0.115. The van der Waals surface area contributed by atoms with Crippen molar-refractivity contribution in [3.8, 4) is 11.5 Å². The lowest BCUT2D eigenvalue weighted by Gasteiger charge is -2.26. The average Bonchev–Trinajstić information content (AvgIpc) is 3.03. The zero-order valence-electron chi connectivity index (χ0n) is 15.0. The molecule has 1 aliphatic heterocycles. The average molecular weight is 385 g/mol. The summed E-state index contributed by atoms with van der Waals surface area (Å²) in [4.78, 5) is 30.5. The van der Waals surface area contributed by atoms with Gasteiger partial charge in [-0.05, 0) is 31.5 Å². The van der Waals surface area contributed by atoms with Crippen molar-refractivity contribution in [3.63, 3.8) is 0 Å². The maximum atomic E-state index is 12.7. The number of benzene rings is 1. The molecule has 3 aromatic rings. The van der Waals surface area contributed by atoms with Crippen molar-refractivity contribution in [1.82, 2.24) is 14.9 Å². The predicted octanol–water partition coefficient (Wildman–Crippen LogP) is 2.36. The lowest BCUT2D eigenvalue weighted by molar-refractivity contribution is 0.0791. The monoisotopic (exact) mass is 385 g/mol. The van der Waals surface area contributed by atoms with Crippen molar-refractivity contribution >= 4 is 27.5 Å². The molecule has 4 rings (SSSR count). The van der Waals surface area contributed by atoms with Crippen molar-refractivity contribution in [3.05, 3.63) is 51.4 Å². The highest BCUT2D eigenvalue weighted by atomic mass is 32.1. The number of carbonyl (C=O) groups excluding carboxylic acids is 1. The maximum Gasteiger partial charge on any atom is 0.262 e. The number of hydrogen-bond acceptors (Lipinski definition) is 6. The lowest BCUT2D eigenvalue weighted by atomic mass is 10.2. The molecule has 7 nitrogen and oxygen atoms in total. The third kappa shape index (κ3) is 3.16. The van der Waals surface area contributed by atoms with Gasteiger partial charge in [0, 0.05) is 6.54 Å². The number of aryl methyl sites for hydroxylation is 2. The smallest absolute Gasteiger partial charge is 0.262 e. The molecule has 1 amide bonds. The van der Waals surface area contributed by atoms with E-state index in [1.165, 1.54) is 22.2 Å². The van der Waals surface area contributed by atoms with Crippen LogP contribution < -0.4 is 20.3 Å². The third-order valence-electron chi connectivity index (χ3n) is 4.52. The summed E-state index contributed by atoms with van der Waals surface area (Å²) in [6, 6.07) is 7.44. The Balaban J connectivity index is 1.50. The Morgan fingerprint density at radius 1 is 1.37 bits per heavy atom. The summed E-state index contributed by atoms with van der Waals surface area (Å²) in [5.74, 6) is 1.14. The molecule has 1 N–H and O–H groups in total. The van der Waals surface area contributed by atoms with Crippen LogP contribution in [-0.4, -0.2) is 34.7 Å². The van der Waals surface area contributed by atoms with Gasteiger partial charge >= 0.3 is 0 Å². The molecule has 3 heterocycles. The zero-order valence-corrected chi connectivity index (χ0v) is 15.8. The number of fused-ring (bicyclic) bond motifs is 2. The molecule has 0 saturated carbocycles. The summed E-state index contributed by atoms with van der Waals surface area (Å²) < 4.78 is 13.1. The number of ether oxygens (including phenoxy) is 2. The van der Waals surface area contributed by atoms with Crippen LogP contribution in [0.25, 0.3) is 10.2 Å². The summed E-state index contributed by atoms with van der Waals surface area (Å²) in [6.45, 7) is 4.89. The molecule has 0 saturated heterocycles. The summed E-state index contributed by atoms with van der Waals surface area (Å²) >= 11 is 1.23. The second kappa shape index (κ2) is 7.03. The van der Waals surface area contributed by atoms with Crippen molar-refractivity contribution in [2.45, 2.75) is 26.5 Å². The summed E-state index contributed by atoms with van der Waals surface area (Å²) in [5.41, 5.74) is 0.551. The summed E-state index contributed by atoms with van der Waals surface area (Å²) in [5, 5.41) is 3.39. The van der Waals surface area contributed by atoms with Crippen molar-refractivity contribution in [1.29, 1.82) is 0 Å². The lowest BCUT2D eigenvalue weighted by Crippen LogP contribution is -2.40. The van der Waals surface area contributed by atoms with E-state index in [0.717, 1.165) is 0 Å². The molecule has 0 radical (unpaired) electrons. The fourth-order valence-electron chi connectivity index (χ4n) is 3.05. The molecule has 0 spiro atoms. The number of nitrogens with one attached hydrogen (secondary N) is 1. The molecule has 8 heteroatoms. The molecule has 1 aliphatic rings. The Kier molecular flexibility index (Phi) is 4.57. The molecular formula is C19H19N3O4S. The van der Waals surface area contributed by atoms with Crippen LogP contribution in [0.1, 0.15) is 22.2 Å². The van der Waals surface area contributed by atoms with Crippen LogP contribution in [0.4, 0.5) is 0 Å². The van der Waals surface area contributed by atoms with E-state index in [0.29, 0.717) is 51.9 Å². The first-order valence-corrected chi connectivity index (χ1v) is 9.55. The quantitative estimate of drug-likeness (QED) is 0.746. The summed E-state index contributed by atoms with van der Waals surface area (Å²) in [6.07, 6.45) is 1.25. The van der Waals surface area contributed by atoms with E-state index < -0.39 is 0 Å². The van der Waals surface area contributed by atoms with E-state index in [4.69, 9.17) is 9.47 Å². The number of thiophene rings is 1. The van der Waals surface area contributed by atoms with Crippen LogP contribution in [0.2, 0.25) is 0 Å². The Labute approximate surface area is 159 Å². The van der Waals surface area contributed by atoms with Gasteiger partial charge < -0.3 is 14.8 Å². The van der Waals surface area contributed by atoms with E-state index in [-0.39, 0.29) is 17.6 Å². The highest BCUT2D eigenvalue weighted by molar-refractivity contribution is 7.20. The molecule has 27 heavy (non-hydrogen) atoms. The standard InChI is InChI=1S/C19H19N3O4S/c1-3-22-10-21-18-15(19(22)24)11(2)16(27-18)17(23)20-8-12-9-25-13-6-4-5-7-14(13)26-12/h4-7,10,12H,3,8-9H2,1-2H3,(H,20,23)/t12-/m0/s1. The normalized spacial score (nSPS) is 15.7. The van der Waals surface area contributed by atoms with Gasteiger partial charge in [0.15, 0.2) is 11.5 Å². The van der Waals surface area contributed by atoms with Gasteiger partial charge in [0.05, 0.1) is 23.1 Å². The van der Waals surface area contributed by atoms with E-state index in [1.54, 1.807) is 6.92 Å². The van der Waals surface area contributed by atoms with Crippen LogP contribution in [0.3, 0.4) is 0 Å². The van der Waals surface area contributed by atoms with Gasteiger partial charge in [0.2, 0.25) is 0 Å².